The maximum Gasteiger partial charge on any atom is 0.136 e. The van der Waals surface area contributed by atoms with Gasteiger partial charge in [-0.1, -0.05) is 45.8 Å². The van der Waals surface area contributed by atoms with E-state index in [2.05, 4.69) is 41.5 Å². The lowest BCUT2D eigenvalue weighted by atomic mass is 9.61. The summed E-state index contributed by atoms with van der Waals surface area (Å²) in [6.45, 7) is 15.9. The van der Waals surface area contributed by atoms with Gasteiger partial charge < -0.3 is 0 Å². The van der Waals surface area contributed by atoms with Crippen LogP contribution in [0.5, 0.6) is 0 Å². The average Bonchev–Trinajstić information content (AvgIpc) is 2.49. The summed E-state index contributed by atoms with van der Waals surface area (Å²) in [6, 6.07) is 0. The van der Waals surface area contributed by atoms with Crippen molar-refractivity contribution in [3.8, 4) is 0 Å². The van der Waals surface area contributed by atoms with Crippen LogP contribution in [0.2, 0.25) is 0 Å². The molecule has 1 fully saturated rings. The molecule has 1 nitrogen and oxygen atoms in total. The molecule has 3 atom stereocenters. The molecule has 0 saturated heterocycles. The Balaban J connectivity index is 2.62. The van der Waals surface area contributed by atoms with Gasteiger partial charge in [0.25, 0.3) is 0 Å². The number of hydrogen-bond acceptors (Lipinski definition) is 1. The highest BCUT2D eigenvalue weighted by Crippen LogP contribution is 2.76. The third-order valence-electron chi connectivity index (χ3n) is 6.89. The number of carbonyl (C=O) groups is 1. The molecule has 2 aliphatic carbocycles. The molecule has 1 unspecified atom stereocenters. The fraction of sp³-hybridized carbons (Fsp3) is 0.812. The van der Waals surface area contributed by atoms with Crippen LogP contribution in [0.15, 0.2) is 11.1 Å². The second kappa shape index (κ2) is 3.24. The van der Waals surface area contributed by atoms with Gasteiger partial charge in [0.2, 0.25) is 0 Å². The Morgan fingerprint density at radius 3 is 2.06 bits per heavy atom. The summed E-state index contributed by atoms with van der Waals surface area (Å²) in [7, 11) is 0. The van der Waals surface area contributed by atoms with Crippen molar-refractivity contribution in [3.63, 3.8) is 0 Å². The Hall–Kier alpha value is -0.590. The highest BCUT2D eigenvalue weighted by atomic mass is 16.1. The topological polar surface area (TPSA) is 17.1 Å². The van der Waals surface area contributed by atoms with E-state index in [0.29, 0.717) is 12.2 Å². The van der Waals surface area contributed by atoms with Crippen molar-refractivity contribution in [3.05, 3.63) is 11.1 Å². The van der Waals surface area contributed by atoms with Crippen LogP contribution < -0.4 is 0 Å². The second-order valence-electron chi connectivity index (χ2n) is 6.99. The van der Waals surface area contributed by atoms with Crippen LogP contribution in [0.25, 0.3) is 0 Å². The molecule has 0 heterocycles. The molecule has 0 spiro atoms. The Labute approximate surface area is 106 Å². The summed E-state index contributed by atoms with van der Waals surface area (Å²) in [4.78, 5) is 12.3. The number of fused-ring (bicyclic) bond motifs is 2. The van der Waals surface area contributed by atoms with E-state index in [-0.39, 0.29) is 22.2 Å². The predicted molar refractivity (Wildman–Crippen MR) is 71.8 cm³/mol. The van der Waals surface area contributed by atoms with Crippen molar-refractivity contribution in [1.82, 2.24) is 0 Å². The van der Waals surface area contributed by atoms with Gasteiger partial charge >= 0.3 is 0 Å². The van der Waals surface area contributed by atoms with Crippen LogP contribution in [-0.4, -0.2) is 5.78 Å². The van der Waals surface area contributed by atoms with Gasteiger partial charge in [-0.2, -0.15) is 0 Å². The molecule has 0 aromatic rings. The fourth-order valence-corrected chi connectivity index (χ4v) is 4.71. The van der Waals surface area contributed by atoms with Gasteiger partial charge in [0, 0.05) is 17.8 Å². The number of carbonyl (C=O) groups excluding carboxylic acids is 1. The predicted octanol–water partition coefficient (Wildman–Crippen LogP) is 4.37. The summed E-state index contributed by atoms with van der Waals surface area (Å²) < 4.78 is 0. The first-order valence-corrected chi connectivity index (χ1v) is 6.85. The van der Waals surface area contributed by atoms with E-state index >= 15 is 0 Å². The van der Waals surface area contributed by atoms with Gasteiger partial charge in [-0.15, -0.1) is 0 Å². The molecule has 0 amide bonds. The summed E-state index contributed by atoms with van der Waals surface area (Å²) in [5, 5.41) is 0. The zero-order valence-electron chi connectivity index (χ0n) is 12.4. The number of Topliss-reactive ketones (excluding diaryl/α,β-unsaturated/α-hetero) is 1. The summed E-state index contributed by atoms with van der Waals surface area (Å²) in [6.07, 6.45) is 1.73. The van der Waals surface area contributed by atoms with E-state index in [4.69, 9.17) is 0 Å². The molecule has 0 aromatic carbocycles. The number of ketones is 1. The molecule has 96 valence electrons. The van der Waals surface area contributed by atoms with Crippen molar-refractivity contribution in [2.24, 2.45) is 22.2 Å². The average molecular weight is 234 g/mol. The highest BCUT2D eigenvalue weighted by molar-refractivity contribution is 5.83. The normalized spacial score (nSPS) is 43.4. The Morgan fingerprint density at radius 2 is 1.71 bits per heavy atom. The maximum atomic E-state index is 12.3. The second-order valence-corrected chi connectivity index (χ2v) is 6.99. The number of allylic oxidation sites excluding steroid dienone is 2. The lowest BCUT2D eigenvalue weighted by molar-refractivity contribution is -0.125. The van der Waals surface area contributed by atoms with Crippen LogP contribution in [0.3, 0.4) is 0 Å². The van der Waals surface area contributed by atoms with Crippen molar-refractivity contribution < 1.29 is 4.79 Å². The van der Waals surface area contributed by atoms with Gasteiger partial charge in [-0.05, 0) is 31.1 Å². The maximum absolute atomic E-state index is 12.3. The Bertz CT molecular complexity index is 415. The van der Waals surface area contributed by atoms with Crippen molar-refractivity contribution in [1.29, 1.82) is 0 Å². The largest absolute Gasteiger partial charge is 0.299 e. The molecular weight excluding hydrogens is 208 g/mol. The molecule has 0 aromatic heterocycles. The minimum absolute atomic E-state index is 0.0684. The van der Waals surface area contributed by atoms with Crippen LogP contribution >= 0.6 is 0 Å². The van der Waals surface area contributed by atoms with E-state index in [1.807, 2.05) is 6.92 Å². The molecule has 2 bridgehead atoms. The van der Waals surface area contributed by atoms with Crippen molar-refractivity contribution in [2.75, 3.05) is 0 Å². The molecule has 17 heavy (non-hydrogen) atoms. The van der Waals surface area contributed by atoms with Crippen molar-refractivity contribution in [2.45, 2.75) is 61.3 Å². The van der Waals surface area contributed by atoms with Gasteiger partial charge in [-0.25, -0.2) is 0 Å². The zero-order chi connectivity index (χ0) is 13.2. The first kappa shape index (κ1) is 12.9. The standard InChI is InChI=1S/C16H26O/c1-8-13(17)12-9-15(6)10(2)11(3)16(12,7)14(15,4)5/h12H,8-9H2,1-7H3/t12?,15-,16-/m0/s1. The summed E-state index contributed by atoms with van der Waals surface area (Å²) >= 11 is 0. The molecule has 1 saturated carbocycles. The first-order valence-electron chi connectivity index (χ1n) is 6.85. The minimum Gasteiger partial charge on any atom is -0.299 e. The molecule has 2 aliphatic rings. The lowest BCUT2D eigenvalue weighted by Gasteiger charge is -2.42. The fourth-order valence-electron chi connectivity index (χ4n) is 4.71. The Morgan fingerprint density at radius 1 is 1.18 bits per heavy atom. The third-order valence-corrected chi connectivity index (χ3v) is 6.89. The number of rotatable bonds is 2. The van der Waals surface area contributed by atoms with E-state index in [0.717, 1.165) is 6.42 Å². The highest BCUT2D eigenvalue weighted by Gasteiger charge is 2.69. The molecule has 0 aliphatic heterocycles. The smallest absolute Gasteiger partial charge is 0.136 e. The number of hydrogen-bond donors (Lipinski definition) is 0. The van der Waals surface area contributed by atoms with E-state index in [9.17, 15) is 4.79 Å². The van der Waals surface area contributed by atoms with Gasteiger partial charge in [0.1, 0.15) is 5.78 Å². The third kappa shape index (κ3) is 1.09. The van der Waals surface area contributed by atoms with Crippen LogP contribution in [0, 0.1) is 22.2 Å². The van der Waals surface area contributed by atoms with E-state index in [1.165, 1.54) is 11.1 Å². The quantitative estimate of drug-likeness (QED) is 0.648. The first-order chi connectivity index (χ1) is 7.64. The SMILES string of the molecule is CCC(=O)C1C[C@@]2(C)C(C)=C(C)[C@]1(C)C2(C)C. The molecule has 1 heteroatoms. The molecular formula is C16H26O. The molecule has 2 rings (SSSR count). The monoisotopic (exact) mass is 234 g/mol. The summed E-state index contributed by atoms with van der Waals surface area (Å²) in [5.41, 5.74) is 3.48. The van der Waals surface area contributed by atoms with Gasteiger partial charge in [0.05, 0.1) is 0 Å². The van der Waals surface area contributed by atoms with Crippen LogP contribution in [0.1, 0.15) is 61.3 Å². The minimum atomic E-state index is 0.0684. The Kier molecular flexibility index (Phi) is 2.45. The van der Waals surface area contributed by atoms with Crippen LogP contribution in [-0.2, 0) is 4.79 Å². The summed E-state index contributed by atoms with van der Waals surface area (Å²) in [5.74, 6) is 0.687. The van der Waals surface area contributed by atoms with Crippen LogP contribution in [0.4, 0.5) is 0 Å². The van der Waals surface area contributed by atoms with Crippen molar-refractivity contribution >= 4 is 5.78 Å². The van der Waals surface area contributed by atoms with E-state index < -0.39 is 0 Å². The van der Waals surface area contributed by atoms with E-state index in [1.54, 1.807) is 0 Å². The molecule has 0 radical (unpaired) electrons. The molecule has 0 N–H and O–H groups in total. The zero-order valence-corrected chi connectivity index (χ0v) is 12.4. The van der Waals surface area contributed by atoms with Gasteiger partial charge in [-0.3, -0.25) is 4.79 Å². The lowest BCUT2D eigenvalue weighted by Crippen LogP contribution is -2.39. The van der Waals surface area contributed by atoms with Gasteiger partial charge in [0.15, 0.2) is 0 Å².